The molecule has 0 unspecified atom stereocenters. The van der Waals surface area contributed by atoms with Gasteiger partial charge in [0.05, 0.1) is 38.0 Å². The second-order valence-corrected chi connectivity index (χ2v) is 9.34. The van der Waals surface area contributed by atoms with Crippen LogP contribution in [0.5, 0.6) is 17.2 Å². The molecule has 0 saturated heterocycles. The summed E-state index contributed by atoms with van der Waals surface area (Å²) < 4.78 is 16.3. The van der Waals surface area contributed by atoms with Gasteiger partial charge in [-0.3, -0.25) is 14.4 Å². The SMILES string of the molecule is COc1cc(C(=O)c2c(N3C(=O)c4ccccc4C3=O)sc(-c3ccccc3)c2C)cc(OC)c1OC. The molecule has 0 saturated carbocycles. The number of fused-ring (bicyclic) bond motifs is 1. The maximum Gasteiger partial charge on any atom is 0.266 e. The molecule has 37 heavy (non-hydrogen) atoms. The molecule has 3 aromatic carbocycles. The second kappa shape index (κ2) is 9.55. The number of methoxy groups -OCH3 is 3. The van der Waals surface area contributed by atoms with E-state index in [1.54, 1.807) is 36.4 Å². The molecule has 0 spiro atoms. The number of thiophene rings is 1. The van der Waals surface area contributed by atoms with E-state index in [1.165, 1.54) is 32.7 Å². The smallest absolute Gasteiger partial charge is 0.266 e. The van der Waals surface area contributed by atoms with Gasteiger partial charge in [0, 0.05) is 10.4 Å². The Balaban J connectivity index is 1.73. The first-order valence-electron chi connectivity index (χ1n) is 11.4. The highest BCUT2D eigenvalue weighted by atomic mass is 32.1. The molecule has 0 aliphatic carbocycles. The van der Waals surface area contributed by atoms with E-state index in [0.717, 1.165) is 15.3 Å². The van der Waals surface area contributed by atoms with Crippen molar-refractivity contribution >= 4 is 33.9 Å². The molecule has 0 fully saturated rings. The van der Waals surface area contributed by atoms with E-state index >= 15 is 0 Å². The number of carbonyl (C=O) groups is 3. The number of ketones is 1. The average molecular weight is 514 g/mol. The van der Waals surface area contributed by atoms with E-state index in [-0.39, 0.29) is 21.9 Å². The number of nitrogens with zero attached hydrogens (tertiary/aromatic N) is 1. The molecule has 1 aliphatic heterocycles. The third-order valence-electron chi connectivity index (χ3n) is 6.32. The average Bonchev–Trinajstić information content (AvgIpc) is 3.40. The number of benzene rings is 3. The summed E-state index contributed by atoms with van der Waals surface area (Å²) in [6.07, 6.45) is 0. The minimum absolute atomic E-state index is 0.271. The summed E-state index contributed by atoms with van der Waals surface area (Å²) >= 11 is 1.24. The minimum Gasteiger partial charge on any atom is -0.493 e. The number of carbonyl (C=O) groups excluding carboxylic acids is 3. The monoisotopic (exact) mass is 513 g/mol. The third-order valence-corrected chi connectivity index (χ3v) is 7.64. The lowest BCUT2D eigenvalue weighted by Gasteiger charge is -2.16. The van der Waals surface area contributed by atoms with Gasteiger partial charge in [0.1, 0.15) is 5.00 Å². The first-order chi connectivity index (χ1) is 17.9. The molecule has 1 aliphatic rings. The molecule has 7 nitrogen and oxygen atoms in total. The van der Waals surface area contributed by atoms with Gasteiger partial charge in [-0.1, -0.05) is 42.5 Å². The van der Waals surface area contributed by atoms with Crippen molar-refractivity contribution in [3.8, 4) is 27.7 Å². The number of imide groups is 1. The molecule has 8 heteroatoms. The van der Waals surface area contributed by atoms with Crippen LogP contribution in [0.3, 0.4) is 0 Å². The van der Waals surface area contributed by atoms with Crippen LogP contribution in [0.15, 0.2) is 66.7 Å². The lowest BCUT2D eigenvalue weighted by atomic mass is 9.98. The normalized spacial score (nSPS) is 12.5. The van der Waals surface area contributed by atoms with Crippen LogP contribution >= 0.6 is 11.3 Å². The highest BCUT2D eigenvalue weighted by Crippen LogP contribution is 2.46. The molecule has 0 atom stereocenters. The second-order valence-electron chi connectivity index (χ2n) is 8.34. The Morgan fingerprint density at radius 1 is 0.784 bits per heavy atom. The van der Waals surface area contributed by atoms with E-state index in [1.807, 2.05) is 37.3 Å². The zero-order valence-corrected chi connectivity index (χ0v) is 21.5. The van der Waals surface area contributed by atoms with Crippen LogP contribution in [0.1, 0.15) is 42.2 Å². The fourth-order valence-electron chi connectivity index (χ4n) is 4.52. The van der Waals surface area contributed by atoms with Crippen molar-refractivity contribution in [2.24, 2.45) is 0 Å². The summed E-state index contributed by atoms with van der Waals surface area (Å²) in [6, 6.07) is 19.4. The van der Waals surface area contributed by atoms with Crippen LogP contribution in [0.25, 0.3) is 10.4 Å². The van der Waals surface area contributed by atoms with Crippen molar-refractivity contribution < 1.29 is 28.6 Å². The predicted octanol–water partition coefficient (Wildman–Crippen LogP) is 5.78. The van der Waals surface area contributed by atoms with Gasteiger partial charge >= 0.3 is 0 Å². The first-order valence-corrected chi connectivity index (χ1v) is 12.2. The maximum atomic E-state index is 14.1. The fraction of sp³-hybridized carbons (Fsp3) is 0.138. The Labute approximate surface area is 217 Å². The molecule has 2 amide bonds. The quantitative estimate of drug-likeness (QED) is 0.230. The number of ether oxygens (including phenoxy) is 3. The summed E-state index contributed by atoms with van der Waals surface area (Å²) in [4.78, 5) is 42.8. The number of anilines is 1. The Bertz CT molecular complexity index is 1500. The van der Waals surface area contributed by atoms with Crippen LogP contribution < -0.4 is 19.1 Å². The van der Waals surface area contributed by atoms with Gasteiger partial charge in [-0.25, -0.2) is 4.90 Å². The molecular weight excluding hydrogens is 490 g/mol. The van der Waals surface area contributed by atoms with Gasteiger partial charge in [-0.2, -0.15) is 0 Å². The summed E-state index contributed by atoms with van der Waals surface area (Å²) in [6.45, 7) is 1.83. The number of amides is 2. The standard InChI is InChI=1S/C29H23NO6S/c1-16-23(24(31)18-14-21(34-2)25(36-4)22(15-18)35-3)29(37-26(16)17-10-6-5-7-11-17)30-27(32)19-12-8-9-13-20(19)28(30)33/h5-15H,1-4H3. The molecule has 0 N–H and O–H groups in total. The molecule has 4 aromatic rings. The van der Waals surface area contributed by atoms with Gasteiger partial charge in [0.25, 0.3) is 11.8 Å². The van der Waals surface area contributed by atoms with E-state index in [2.05, 4.69) is 0 Å². The minimum atomic E-state index is -0.458. The molecule has 186 valence electrons. The van der Waals surface area contributed by atoms with E-state index in [4.69, 9.17) is 14.2 Å². The highest BCUT2D eigenvalue weighted by Gasteiger charge is 2.40. The lowest BCUT2D eigenvalue weighted by molar-refractivity contribution is 0.0927. The van der Waals surface area contributed by atoms with Crippen molar-refractivity contribution in [1.82, 2.24) is 0 Å². The van der Waals surface area contributed by atoms with Crippen LogP contribution in [0, 0.1) is 6.92 Å². The van der Waals surface area contributed by atoms with Crippen LogP contribution in [-0.2, 0) is 0 Å². The van der Waals surface area contributed by atoms with Crippen molar-refractivity contribution in [2.75, 3.05) is 26.2 Å². The van der Waals surface area contributed by atoms with Crippen LogP contribution in [0.4, 0.5) is 5.00 Å². The molecule has 0 bridgehead atoms. The number of hydrogen-bond donors (Lipinski definition) is 0. The summed E-state index contributed by atoms with van der Waals surface area (Å²) in [7, 11) is 4.43. The van der Waals surface area contributed by atoms with E-state index in [0.29, 0.717) is 33.9 Å². The van der Waals surface area contributed by atoms with Crippen LogP contribution in [0.2, 0.25) is 0 Å². The van der Waals surface area contributed by atoms with Gasteiger partial charge in [-0.15, -0.1) is 11.3 Å². The predicted molar refractivity (Wildman–Crippen MR) is 142 cm³/mol. The lowest BCUT2D eigenvalue weighted by Crippen LogP contribution is -2.30. The van der Waals surface area contributed by atoms with Crippen molar-refractivity contribution in [2.45, 2.75) is 6.92 Å². The summed E-state index contributed by atoms with van der Waals surface area (Å²) in [5.74, 6) is -0.288. The zero-order valence-electron chi connectivity index (χ0n) is 20.7. The van der Waals surface area contributed by atoms with Crippen LogP contribution in [-0.4, -0.2) is 38.9 Å². The summed E-state index contributed by atoms with van der Waals surface area (Å²) in [5, 5.41) is 0.279. The number of hydrogen-bond acceptors (Lipinski definition) is 7. The van der Waals surface area contributed by atoms with Gasteiger partial charge in [-0.05, 0) is 42.3 Å². The fourth-order valence-corrected chi connectivity index (χ4v) is 5.83. The third kappa shape index (κ3) is 3.86. The van der Waals surface area contributed by atoms with E-state index < -0.39 is 11.8 Å². The topological polar surface area (TPSA) is 82.1 Å². The molecule has 5 rings (SSSR count). The maximum absolute atomic E-state index is 14.1. The molecule has 1 aromatic heterocycles. The highest BCUT2D eigenvalue weighted by molar-refractivity contribution is 7.20. The Kier molecular flexibility index (Phi) is 6.27. The van der Waals surface area contributed by atoms with Gasteiger partial charge in [0.15, 0.2) is 17.3 Å². The first kappa shape index (κ1) is 24.3. The van der Waals surface area contributed by atoms with Crippen molar-refractivity contribution in [1.29, 1.82) is 0 Å². The zero-order chi connectivity index (χ0) is 26.3. The summed E-state index contributed by atoms with van der Waals surface area (Å²) in [5.41, 5.74) is 2.71. The molecular formula is C29H23NO6S. The number of rotatable bonds is 7. The van der Waals surface area contributed by atoms with Crippen molar-refractivity contribution in [3.63, 3.8) is 0 Å². The largest absolute Gasteiger partial charge is 0.493 e. The Morgan fingerprint density at radius 2 is 1.32 bits per heavy atom. The molecule has 0 radical (unpaired) electrons. The van der Waals surface area contributed by atoms with E-state index in [9.17, 15) is 14.4 Å². The molecule has 2 heterocycles. The van der Waals surface area contributed by atoms with Gasteiger partial charge in [0.2, 0.25) is 5.75 Å². The van der Waals surface area contributed by atoms with Crippen molar-refractivity contribution in [3.05, 3.63) is 94.5 Å². The van der Waals surface area contributed by atoms with Gasteiger partial charge < -0.3 is 14.2 Å². The Hall–Kier alpha value is -4.43. The Morgan fingerprint density at radius 3 is 1.84 bits per heavy atom.